The topological polar surface area (TPSA) is 0 Å². The molecular formula is C64H50Cl2Zr. The summed E-state index contributed by atoms with van der Waals surface area (Å²) in [7, 11) is 0. The Kier molecular flexibility index (Phi) is 13.6. The van der Waals surface area contributed by atoms with Gasteiger partial charge in [0.1, 0.15) is 0 Å². The molecule has 3 heteroatoms. The van der Waals surface area contributed by atoms with Crippen LogP contribution in [-0.2, 0) is 26.2 Å². The van der Waals surface area contributed by atoms with E-state index in [0.29, 0.717) is 0 Å². The first-order chi connectivity index (χ1) is 31.2. The quantitative estimate of drug-likeness (QED) is 0.154. The normalized spacial score (nSPS) is 11.1. The summed E-state index contributed by atoms with van der Waals surface area (Å²) in [5.41, 5.74) is 18.5. The zero-order chi connectivity index (χ0) is 43.6. The van der Waals surface area contributed by atoms with Crippen LogP contribution in [0.25, 0.3) is 109 Å². The molecule has 0 aliphatic rings. The summed E-state index contributed by atoms with van der Waals surface area (Å²) >= 11 is 0. The molecule has 0 radical (unpaired) electrons. The molecule has 12 aromatic carbocycles. The van der Waals surface area contributed by atoms with Gasteiger partial charge in [-0.05, 0) is 108 Å². The Morgan fingerprint density at radius 3 is 0.940 bits per heavy atom. The number of benzene rings is 10. The van der Waals surface area contributed by atoms with E-state index in [-0.39, 0.29) is 51.0 Å². The summed E-state index contributed by atoms with van der Waals surface area (Å²) in [6, 6.07) is 71.9. The van der Waals surface area contributed by atoms with Crippen LogP contribution in [0.2, 0.25) is 0 Å². The maximum atomic E-state index is 2.36. The molecular weight excluding hydrogens is 931 g/mol. The number of aryl methyl sites for hydroxylation is 6. The first kappa shape index (κ1) is 47.4. The van der Waals surface area contributed by atoms with Gasteiger partial charge < -0.3 is 24.8 Å². The SMILES string of the molecule is Cc1cc(C)c(-c2ccc3c(c2)[cH-]c2cc(-c4c(C)cc(C)cc4C)ccc23)c(C)c1.[Cl-].[Cl-].[Zr+4].c1ccc2c(-c3ccc4c(c3)[cH-]c3cc(-c5cccc6ccccc56)ccc34)cccc2c1. The van der Waals surface area contributed by atoms with Crippen molar-refractivity contribution in [2.24, 2.45) is 0 Å². The molecule has 0 heterocycles. The monoisotopic (exact) mass is 978 g/mol. The van der Waals surface area contributed by atoms with Crippen molar-refractivity contribution in [3.63, 3.8) is 0 Å². The van der Waals surface area contributed by atoms with Crippen molar-refractivity contribution in [3.05, 3.63) is 228 Å². The van der Waals surface area contributed by atoms with Gasteiger partial charge in [0.2, 0.25) is 0 Å². The third-order valence-corrected chi connectivity index (χ3v) is 13.5. The van der Waals surface area contributed by atoms with E-state index in [1.54, 1.807) is 0 Å². The minimum Gasteiger partial charge on any atom is -1.00 e. The largest absolute Gasteiger partial charge is 4.00 e. The first-order valence-corrected chi connectivity index (χ1v) is 22.6. The van der Waals surface area contributed by atoms with Crippen LogP contribution in [0, 0.1) is 41.5 Å². The van der Waals surface area contributed by atoms with Gasteiger partial charge >= 0.3 is 26.2 Å². The number of halogens is 2. The smallest absolute Gasteiger partial charge is 1.00 e. The van der Waals surface area contributed by atoms with E-state index in [2.05, 4.69) is 236 Å². The molecule has 0 nitrogen and oxygen atoms in total. The van der Waals surface area contributed by atoms with Crippen molar-refractivity contribution in [1.29, 1.82) is 0 Å². The van der Waals surface area contributed by atoms with Gasteiger partial charge in [-0.2, -0.15) is 0 Å². The zero-order valence-corrected chi connectivity index (χ0v) is 42.7. The number of fused-ring (bicyclic) bond motifs is 8. The van der Waals surface area contributed by atoms with Crippen LogP contribution in [0.15, 0.2) is 194 Å². The second kappa shape index (κ2) is 19.3. The van der Waals surface area contributed by atoms with Gasteiger partial charge in [-0.1, -0.05) is 191 Å². The minimum absolute atomic E-state index is 0. The predicted octanol–water partition coefficient (Wildman–Crippen LogP) is 12.3. The number of hydrogen-bond donors (Lipinski definition) is 0. The third-order valence-electron chi connectivity index (χ3n) is 13.5. The van der Waals surface area contributed by atoms with E-state index in [1.165, 1.54) is 143 Å². The molecule has 0 saturated heterocycles. The second-order valence-corrected chi connectivity index (χ2v) is 18.1. The fourth-order valence-electron chi connectivity index (χ4n) is 10.9. The number of rotatable bonds is 4. The number of hydrogen-bond acceptors (Lipinski definition) is 0. The molecule has 0 unspecified atom stereocenters. The Bertz CT molecular complexity index is 3500. The molecule has 0 atom stereocenters. The van der Waals surface area contributed by atoms with Gasteiger partial charge in [0.25, 0.3) is 0 Å². The van der Waals surface area contributed by atoms with Crippen LogP contribution < -0.4 is 24.8 Å². The van der Waals surface area contributed by atoms with Gasteiger partial charge in [0.15, 0.2) is 0 Å². The van der Waals surface area contributed by atoms with Gasteiger partial charge in [0.05, 0.1) is 0 Å². The molecule has 12 aromatic rings. The Morgan fingerprint density at radius 2 is 0.582 bits per heavy atom. The van der Waals surface area contributed by atoms with Crippen LogP contribution >= 0.6 is 0 Å². The van der Waals surface area contributed by atoms with Gasteiger partial charge in [-0.3, -0.25) is 0 Å². The Balaban J connectivity index is 0.000000174. The molecule has 0 saturated carbocycles. The molecule has 0 N–H and O–H groups in total. The summed E-state index contributed by atoms with van der Waals surface area (Å²) in [5, 5.41) is 15.7. The molecule has 0 fully saturated rings. The molecule has 12 rings (SSSR count). The van der Waals surface area contributed by atoms with Crippen LogP contribution in [0.5, 0.6) is 0 Å². The maximum absolute atomic E-state index is 2.36. The van der Waals surface area contributed by atoms with E-state index in [0.717, 1.165) is 0 Å². The predicted molar refractivity (Wildman–Crippen MR) is 279 cm³/mol. The fraction of sp³-hybridized carbons (Fsp3) is 0.0938. The Morgan fingerprint density at radius 1 is 0.284 bits per heavy atom. The van der Waals surface area contributed by atoms with E-state index < -0.39 is 0 Å². The molecule has 0 bridgehead atoms. The van der Waals surface area contributed by atoms with E-state index in [1.807, 2.05) is 0 Å². The summed E-state index contributed by atoms with van der Waals surface area (Å²) in [6.45, 7) is 13.2. The maximum Gasteiger partial charge on any atom is 4.00 e. The van der Waals surface area contributed by atoms with Crippen molar-refractivity contribution in [2.75, 3.05) is 0 Å². The van der Waals surface area contributed by atoms with Crippen molar-refractivity contribution in [1.82, 2.24) is 0 Å². The summed E-state index contributed by atoms with van der Waals surface area (Å²) in [6.07, 6.45) is 0. The molecule has 67 heavy (non-hydrogen) atoms. The van der Waals surface area contributed by atoms with E-state index in [9.17, 15) is 0 Å². The average Bonchev–Trinajstić information content (AvgIpc) is 3.85. The fourth-order valence-corrected chi connectivity index (χ4v) is 10.9. The molecule has 0 aliphatic carbocycles. The minimum atomic E-state index is 0. The van der Waals surface area contributed by atoms with Crippen LogP contribution in [-0.4, -0.2) is 0 Å². The van der Waals surface area contributed by atoms with Crippen molar-refractivity contribution in [2.45, 2.75) is 41.5 Å². The van der Waals surface area contributed by atoms with Crippen molar-refractivity contribution in [3.8, 4) is 44.5 Å². The van der Waals surface area contributed by atoms with E-state index >= 15 is 0 Å². The van der Waals surface area contributed by atoms with Crippen LogP contribution in [0.4, 0.5) is 0 Å². The molecule has 0 amide bonds. The second-order valence-electron chi connectivity index (χ2n) is 18.1. The van der Waals surface area contributed by atoms with Gasteiger partial charge in [0, 0.05) is 0 Å². The van der Waals surface area contributed by atoms with Gasteiger partial charge in [-0.15, -0.1) is 79.5 Å². The molecule has 0 spiro atoms. The third kappa shape index (κ3) is 8.71. The Labute approximate surface area is 426 Å². The average molecular weight is 981 g/mol. The summed E-state index contributed by atoms with van der Waals surface area (Å²) < 4.78 is 0. The molecule has 0 aromatic heterocycles. The van der Waals surface area contributed by atoms with Crippen LogP contribution in [0.1, 0.15) is 33.4 Å². The molecule has 324 valence electrons. The van der Waals surface area contributed by atoms with Gasteiger partial charge in [-0.25, -0.2) is 0 Å². The van der Waals surface area contributed by atoms with Crippen LogP contribution in [0.3, 0.4) is 0 Å². The Hall–Kier alpha value is -6.08. The standard InChI is InChI=1S/C33H21.C31H29.2ClH.Zr/c1-3-11-28-22(7-1)9-5-13-30(28)24-15-17-32-26(19-24)21-27-20-25(16-18-33(27)32)31-14-6-10-23-8-2-4-12-29(23)31;1-18-11-20(3)30(21(4)12-18)24-7-9-28-26(15-24)17-27-16-25(8-10-29(27)28)31-22(5)13-19(2)14-23(31)6;;;/h1-21H;7-17H,1-6H3;2*1H;/q2*-1;;;+4/p-2. The van der Waals surface area contributed by atoms with Crippen molar-refractivity contribution >= 4 is 64.6 Å². The van der Waals surface area contributed by atoms with E-state index in [4.69, 9.17) is 0 Å². The molecule has 0 aliphatic heterocycles. The first-order valence-electron chi connectivity index (χ1n) is 22.6. The summed E-state index contributed by atoms with van der Waals surface area (Å²) in [4.78, 5) is 0. The van der Waals surface area contributed by atoms with Crippen molar-refractivity contribution < 1.29 is 51.0 Å². The zero-order valence-electron chi connectivity index (χ0n) is 38.7. The summed E-state index contributed by atoms with van der Waals surface area (Å²) in [5.74, 6) is 0.